The first-order valence-corrected chi connectivity index (χ1v) is 10.4. The number of aliphatic carboxylic acids is 1. The highest BCUT2D eigenvalue weighted by Crippen LogP contribution is 2.21. The Bertz CT molecular complexity index is 289. The first kappa shape index (κ1) is 23.1. The van der Waals surface area contributed by atoms with Crippen molar-refractivity contribution in [1.82, 2.24) is 0 Å². The molecule has 1 unspecified atom stereocenters. The van der Waals surface area contributed by atoms with E-state index in [4.69, 9.17) is 5.11 Å². The summed E-state index contributed by atoms with van der Waals surface area (Å²) in [6.07, 6.45) is 20.5. The Kier molecular flexibility index (Phi) is 17.8. The lowest BCUT2D eigenvalue weighted by Gasteiger charge is -2.14. The third-order valence-electron chi connectivity index (χ3n) is 4.90. The summed E-state index contributed by atoms with van der Waals surface area (Å²) in [7, 11) is 0. The van der Waals surface area contributed by atoms with E-state index in [9.17, 15) is 9.59 Å². The van der Waals surface area contributed by atoms with Crippen LogP contribution in [0.2, 0.25) is 0 Å². The molecule has 0 heterocycles. The summed E-state index contributed by atoms with van der Waals surface area (Å²) in [6, 6.07) is 0. The highest BCUT2D eigenvalue weighted by molar-refractivity contribution is 5.66. The quantitative estimate of drug-likeness (QED) is 0.214. The molecule has 1 atom stereocenters. The minimum atomic E-state index is -0.683. The topological polar surface area (TPSA) is 54.4 Å². The van der Waals surface area contributed by atoms with Crippen LogP contribution in [0.5, 0.6) is 0 Å². The molecule has 0 aliphatic heterocycles. The molecule has 1 N–H and O–H groups in total. The second-order valence-electron chi connectivity index (χ2n) is 7.23. The SMILES string of the molecule is CCCCCCCCCC(CC=O)CCCCCCCCC(=O)O. The third-order valence-corrected chi connectivity index (χ3v) is 4.90. The first-order chi connectivity index (χ1) is 11.7. The van der Waals surface area contributed by atoms with Crippen molar-refractivity contribution in [3.05, 3.63) is 0 Å². The molecule has 142 valence electrons. The van der Waals surface area contributed by atoms with Crippen LogP contribution in [0.4, 0.5) is 0 Å². The van der Waals surface area contributed by atoms with Crippen LogP contribution in [0, 0.1) is 5.92 Å². The van der Waals surface area contributed by atoms with Gasteiger partial charge in [-0.15, -0.1) is 0 Å². The first-order valence-electron chi connectivity index (χ1n) is 10.4. The molecule has 0 radical (unpaired) electrons. The van der Waals surface area contributed by atoms with Gasteiger partial charge in [0.2, 0.25) is 0 Å². The zero-order valence-corrected chi connectivity index (χ0v) is 15.9. The summed E-state index contributed by atoms with van der Waals surface area (Å²) in [5.41, 5.74) is 0. The molecule has 0 aromatic rings. The maximum Gasteiger partial charge on any atom is 0.303 e. The average Bonchev–Trinajstić information content (AvgIpc) is 2.56. The maximum atomic E-state index is 10.8. The maximum absolute atomic E-state index is 10.8. The largest absolute Gasteiger partial charge is 0.481 e. The fourth-order valence-electron chi connectivity index (χ4n) is 3.32. The van der Waals surface area contributed by atoms with Crippen molar-refractivity contribution in [2.45, 2.75) is 116 Å². The van der Waals surface area contributed by atoms with Gasteiger partial charge in [-0.25, -0.2) is 0 Å². The van der Waals surface area contributed by atoms with Gasteiger partial charge in [0.05, 0.1) is 0 Å². The number of carbonyl (C=O) groups excluding carboxylic acids is 1. The van der Waals surface area contributed by atoms with E-state index in [1.165, 1.54) is 77.0 Å². The lowest BCUT2D eigenvalue weighted by atomic mass is 9.92. The van der Waals surface area contributed by atoms with Crippen LogP contribution >= 0.6 is 0 Å². The second kappa shape index (κ2) is 18.5. The molecule has 0 saturated carbocycles. The van der Waals surface area contributed by atoms with Crippen LogP contribution in [-0.4, -0.2) is 17.4 Å². The molecule has 0 aliphatic rings. The Balaban J connectivity index is 3.48. The highest BCUT2D eigenvalue weighted by Gasteiger charge is 2.08. The summed E-state index contributed by atoms with van der Waals surface area (Å²) < 4.78 is 0. The zero-order chi connectivity index (χ0) is 17.9. The highest BCUT2D eigenvalue weighted by atomic mass is 16.4. The molecule has 3 nitrogen and oxygen atoms in total. The van der Waals surface area contributed by atoms with Crippen LogP contribution in [-0.2, 0) is 9.59 Å². The summed E-state index contributed by atoms with van der Waals surface area (Å²) >= 11 is 0. The second-order valence-corrected chi connectivity index (χ2v) is 7.23. The van der Waals surface area contributed by atoms with Crippen molar-refractivity contribution in [3.8, 4) is 0 Å². The Morgan fingerprint density at radius 2 is 1.25 bits per heavy atom. The van der Waals surface area contributed by atoms with Gasteiger partial charge in [-0.3, -0.25) is 4.79 Å². The predicted molar refractivity (Wildman–Crippen MR) is 101 cm³/mol. The van der Waals surface area contributed by atoms with E-state index < -0.39 is 5.97 Å². The van der Waals surface area contributed by atoms with E-state index in [-0.39, 0.29) is 0 Å². The van der Waals surface area contributed by atoms with Gasteiger partial charge in [0.1, 0.15) is 6.29 Å². The van der Waals surface area contributed by atoms with Gasteiger partial charge in [-0.05, 0) is 12.3 Å². The van der Waals surface area contributed by atoms with Crippen molar-refractivity contribution in [3.63, 3.8) is 0 Å². The van der Waals surface area contributed by atoms with E-state index >= 15 is 0 Å². The number of carboxylic acid groups (broad SMARTS) is 1. The number of rotatable bonds is 19. The number of hydrogen-bond donors (Lipinski definition) is 1. The standard InChI is InChI=1S/C21H40O3/c1-2-3-4-5-6-9-12-15-20(18-19-22)16-13-10-7-8-11-14-17-21(23)24/h19-20H,2-18H2,1H3,(H,23,24). The number of unbranched alkanes of at least 4 members (excludes halogenated alkanes) is 11. The molecule has 0 rings (SSSR count). The van der Waals surface area contributed by atoms with Gasteiger partial charge in [-0.1, -0.05) is 96.8 Å². The van der Waals surface area contributed by atoms with Crippen LogP contribution in [0.25, 0.3) is 0 Å². The molecule has 0 spiro atoms. The molecule has 24 heavy (non-hydrogen) atoms. The fourth-order valence-corrected chi connectivity index (χ4v) is 3.32. The predicted octanol–water partition coefficient (Wildman–Crippen LogP) is 6.54. The molecule has 0 aromatic heterocycles. The number of aldehydes is 1. The van der Waals surface area contributed by atoms with Crippen LogP contribution in [0.1, 0.15) is 116 Å². The number of carbonyl (C=O) groups is 2. The van der Waals surface area contributed by atoms with Gasteiger partial charge in [0.25, 0.3) is 0 Å². The van der Waals surface area contributed by atoms with E-state index in [1.807, 2.05) is 0 Å². The Morgan fingerprint density at radius 3 is 1.71 bits per heavy atom. The summed E-state index contributed by atoms with van der Waals surface area (Å²) in [5, 5.41) is 8.58. The van der Waals surface area contributed by atoms with Gasteiger partial charge >= 0.3 is 5.97 Å². The molecule has 0 aromatic carbocycles. The molecule has 0 saturated heterocycles. The minimum Gasteiger partial charge on any atom is -0.481 e. The Hall–Kier alpha value is -0.860. The van der Waals surface area contributed by atoms with E-state index in [0.29, 0.717) is 12.3 Å². The molecule has 0 fully saturated rings. The Morgan fingerprint density at radius 1 is 0.792 bits per heavy atom. The van der Waals surface area contributed by atoms with E-state index in [0.717, 1.165) is 32.0 Å². The molecule has 0 amide bonds. The van der Waals surface area contributed by atoms with Crippen LogP contribution < -0.4 is 0 Å². The van der Waals surface area contributed by atoms with Gasteiger partial charge in [0, 0.05) is 12.8 Å². The third kappa shape index (κ3) is 17.5. The molecule has 0 aliphatic carbocycles. The van der Waals surface area contributed by atoms with Crippen molar-refractivity contribution < 1.29 is 14.7 Å². The lowest BCUT2D eigenvalue weighted by Crippen LogP contribution is -2.02. The summed E-state index contributed by atoms with van der Waals surface area (Å²) in [6.45, 7) is 2.25. The van der Waals surface area contributed by atoms with Gasteiger partial charge in [0.15, 0.2) is 0 Å². The summed E-state index contributed by atoms with van der Waals surface area (Å²) in [5.74, 6) is -0.0952. The molecular formula is C21H40O3. The smallest absolute Gasteiger partial charge is 0.303 e. The molecule has 3 heteroatoms. The number of hydrogen-bond acceptors (Lipinski definition) is 2. The van der Waals surface area contributed by atoms with Crippen molar-refractivity contribution >= 4 is 12.3 Å². The van der Waals surface area contributed by atoms with Gasteiger partial charge in [-0.2, -0.15) is 0 Å². The fraction of sp³-hybridized carbons (Fsp3) is 0.905. The van der Waals surface area contributed by atoms with Crippen molar-refractivity contribution in [2.75, 3.05) is 0 Å². The lowest BCUT2D eigenvalue weighted by molar-refractivity contribution is -0.137. The van der Waals surface area contributed by atoms with Crippen molar-refractivity contribution in [2.24, 2.45) is 5.92 Å². The zero-order valence-electron chi connectivity index (χ0n) is 15.9. The average molecular weight is 341 g/mol. The molecule has 0 bridgehead atoms. The van der Waals surface area contributed by atoms with E-state index in [1.54, 1.807) is 0 Å². The Labute approximate surface area is 149 Å². The monoisotopic (exact) mass is 340 g/mol. The summed E-state index contributed by atoms with van der Waals surface area (Å²) in [4.78, 5) is 21.3. The molecular weight excluding hydrogens is 300 g/mol. The van der Waals surface area contributed by atoms with Crippen LogP contribution in [0.15, 0.2) is 0 Å². The van der Waals surface area contributed by atoms with Gasteiger partial charge < -0.3 is 9.90 Å². The normalized spacial score (nSPS) is 12.2. The van der Waals surface area contributed by atoms with E-state index in [2.05, 4.69) is 6.92 Å². The number of carboxylic acids is 1. The van der Waals surface area contributed by atoms with Crippen molar-refractivity contribution in [1.29, 1.82) is 0 Å². The van der Waals surface area contributed by atoms with Crippen LogP contribution in [0.3, 0.4) is 0 Å². The minimum absolute atomic E-state index is 0.305.